The molecule has 0 radical (unpaired) electrons. The van der Waals surface area contributed by atoms with E-state index >= 15 is 0 Å². The number of rotatable bonds is 7. The highest BCUT2D eigenvalue weighted by Gasteiger charge is 2.37. The van der Waals surface area contributed by atoms with Crippen LogP contribution in [0.1, 0.15) is 39.5 Å². The first-order chi connectivity index (χ1) is 8.88. The molecule has 2 amide bonds. The van der Waals surface area contributed by atoms with Crippen molar-refractivity contribution in [3.63, 3.8) is 0 Å². The van der Waals surface area contributed by atoms with Gasteiger partial charge in [0.25, 0.3) is 0 Å². The van der Waals surface area contributed by atoms with Crippen LogP contribution in [0, 0.1) is 5.92 Å². The normalized spacial score (nSPS) is 18.5. The molecule has 1 rings (SSSR count). The van der Waals surface area contributed by atoms with E-state index in [4.69, 9.17) is 9.84 Å². The largest absolute Gasteiger partial charge is 0.481 e. The summed E-state index contributed by atoms with van der Waals surface area (Å²) in [6, 6.07) is -0.694. The lowest BCUT2D eigenvalue weighted by molar-refractivity contribution is -0.137. The summed E-state index contributed by atoms with van der Waals surface area (Å²) < 4.78 is 5.40. The van der Waals surface area contributed by atoms with Crippen LogP contribution in [0.4, 0.5) is 4.79 Å². The topological polar surface area (TPSA) is 87.7 Å². The Morgan fingerprint density at radius 3 is 2.37 bits per heavy atom. The van der Waals surface area contributed by atoms with Gasteiger partial charge in [-0.1, -0.05) is 13.8 Å². The number of urea groups is 1. The van der Waals surface area contributed by atoms with Gasteiger partial charge >= 0.3 is 12.0 Å². The molecule has 0 saturated heterocycles. The maximum atomic E-state index is 11.8. The first-order valence-electron chi connectivity index (χ1n) is 6.70. The number of hydrogen-bond acceptors (Lipinski definition) is 3. The molecular weight excluding hydrogens is 248 g/mol. The fourth-order valence-corrected chi connectivity index (χ4v) is 2.13. The van der Waals surface area contributed by atoms with Crippen molar-refractivity contribution in [1.29, 1.82) is 0 Å². The molecule has 1 aliphatic carbocycles. The lowest BCUT2D eigenvalue weighted by Gasteiger charge is -2.40. The van der Waals surface area contributed by atoms with Crippen LogP contribution >= 0.6 is 0 Å². The summed E-state index contributed by atoms with van der Waals surface area (Å²) in [6.07, 6.45) is 2.95. The van der Waals surface area contributed by atoms with Crippen LogP contribution < -0.4 is 10.6 Å². The highest BCUT2D eigenvalue weighted by atomic mass is 16.5. The molecule has 0 aromatic carbocycles. The predicted molar refractivity (Wildman–Crippen MR) is 71.0 cm³/mol. The molecule has 0 aliphatic heterocycles. The molecule has 0 aromatic heterocycles. The summed E-state index contributed by atoms with van der Waals surface area (Å²) in [4.78, 5) is 22.5. The van der Waals surface area contributed by atoms with Gasteiger partial charge in [0.2, 0.25) is 0 Å². The van der Waals surface area contributed by atoms with Gasteiger partial charge in [-0.25, -0.2) is 4.79 Å². The summed E-state index contributed by atoms with van der Waals surface area (Å²) in [5.41, 5.74) is -0.225. The molecule has 3 N–H and O–H groups in total. The van der Waals surface area contributed by atoms with E-state index in [0.717, 1.165) is 19.3 Å². The average Bonchev–Trinajstić information content (AvgIpc) is 2.26. The Morgan fingerprint density at radius 2 is 2.00 bits per heavy atom. The Labute approximate surface area is 113 Å². The average molecular weight is 272 g/mol. The van der Waals surface area contributed by atoms with Gasteiger partial charge in [0.1, 0.15) is 0 Å². The molecule has 6 heteroatoms. The highest BCUT2D eigenvalue weighted by molar-refractivity contribution is 5.75. The van der Waals surface area contributed by atoms with Gasteiger partial charge in [0, 0.05) is 19.7 Å². The number of ether oxygens (including phenoxy) is 1. The van der Waals surface area contributed by atoms with Crippen molar-refractivity contribution in [1.82, 2.24) is 10.6 Å². The predicted octanol–water partition coefficient (Wildman–Crippen LogP) is 1.35. The number of carbonyl (C=O) groups is 2. The third-order valence-electron chi connectivity index (χ3n) is 3.78. The van der Waals surface area contributed by atoms with Crippen LogP contribution in [0.15, 0.2) is 0 Å². The monoisotopic (exact) mass is 272 g/mol. The van der Waals surface area contributed by atoms with Crippen LogP contribution in [0.2, 0.25) is 0 Å². The van der Waals surface area contributed by atoms with Crippen LogP contribution in [0.3, 0.4) is 0 Å². The second kappa shape index (κ2) is 6.75. The van der Waals surface area contributed by atoms with Crippen molar-refractivity contribution in [3.8, 4) is 0 Å². The first kappa shape index (κ1) is 15.8. The molecule has 1 fully saturated rings. The van der Waals surface area contributed by atoms with Gasteiger partial charge in [-0.2, -0.15) is 0 Å². The van der Waals surface area contributed by atoms with E-state index in [1.165, 1.54) is 0 Å². The Bertz CT molecular complexity index is 321. The lowest BCUT2D eigenvalue weighted by Crippen LogP contribution is -2.53. The molecule has 6 nitrogen and oxygen atoms in total. The van der Waals surface area contributed by atoms with Crippen molar-refractivity contribution >= 4 is 12.0 Å². The number of hydrogen-bond donors (Lipinski definition) is 3. The highest BCUT2D eigenvalue weighted by Crippen LogP contribution is 2.34. The van der Waals surface area contributed by atoms with Crippen LogP contribution in [-0.4, -0.2) is 42.4 Å². The standard InChI is InChI=1S/C13H24N2O4/c1-9(2)10(7-11(16)17)15-12(18)14-8-13(19-3)5-4-6-13/h9-10H,4-8H2,1-3H3,(H,16,17)(H2,14,15,18). The zero-order valence-electron chi connectivity index (χ0n) is 11.9. The van der Waals surface area contributed by atoms with E-state index in [0.29, 0.717) is 6.54 Å². The molecule has 1 unspecified atom stereocenters. The van der Waals surface area contributed by atoms with E-state index in [-0.39, 0.29) is 30.0 Å². The summed E-state index contributed by atoms with van der Waals surface area (Å²) in [5, 5.41) is 14.3. The third kappa shape index (κ3) is 4.70. The minimum atomic E-state index is -0.911. The van der Waals surface area contributed by atoms with Gasteiger partial charge in [-0.05, 0) is 25.2 Å². The van der Waals surface area contributed by atoms with Gasteiger partial charge in [0.15, 0.2) is 0 Å². The molecule has 19 heavy (non-hydrogen) atoms. The van der Waals surface area contributed by atoms with E-state index in [2.05, 4.69) is 10.6 Å². The van der Waals surface area contributed by atoms with E-state index in [1.807, 2.05) is 13.8 Å². The van der Waals surface area contributed by atoms with E-state index < -0.39 is 5.97 Å². The van der Waals surface area contributed by atoms with Crippen molar-refractivity contribution in [3.05, 3.63) is 0 Å². The number of methoxy groups -OCH3 is 1. The molecule has 0 spiro atoms. The summed E-state index contributed by atoms with van der Waals surface area (Å²) >= 11 is 0. The molecule has 0 aromatic rings. The third-order valence-corrected chi connectivity index (χ3v) is 3.78. The summed E-state index contributed by atoms with van der Waals surface area (Å²) in [5.74, 6) is -0.840. The molecular formula is C13H24N2O4. The van der Waals surface area contributed by atoms with Crippen LogP contribution in [-0.2, 0) is 9.53 Å². The summed E-state index contributed by atoms with van der Waals surface area (Å²) in [7, 11) is 1.65. The van der Waals surface area contributed by atoms with Gasteiger partial charge in [0.05, 0.1) is 12.0 Å². The zero-order valence-corrected chi connectivity index (χ0v) is 11.9. The molecule has 0 bridgehead atoms. The number of amides is 2. The smallest absolute Gasteiger partial charge is 0.315 e. The molecule has 1 atom stereocenters. The Kier molecular flexibility index (Phi) is 5.60. The quantitative estimate of drug-likeness (QED) is 0.653. The lowest BCUT2D eigenvalue weighted by atomic mass is 9.80. The number of nitrogens with one attached hydrogen (secondary N) is 2. The Balaban J connectivity index is 2.38. The van der Waals surface area contributed by atoms with Crippen molar-refractivity contribution in [2.45, 2.75) is 51.2 Å². The van der Waals surface area contributed by atoms with Gasteiger partial charge in [-0.15, -0.1) is 0 Å². The van der Waals surface area contributed by atoms with Crippen LogP contribution in [0.5, 0.6) is 0 Å². The minimum absolute atomic E-state index is 0.0689. The zero-order chi connectivity index (χ0) is 14.5. The number of carboxylic acid groups (broad SMARTS) is 1. The van der Waals surface area contributed by atoms with Crippen molar-refractivity contribution in [2.75, 3.05) is 13.7 Å². The second-order valence-electron chi connectivity index (χ2n) is 5.52. The fourth-order valence-electron chi connectivity index (χ4n) is 2.13. The number of carbonyl (C=O) groups excluding carboxylic acids is 1. The maximum Gasteiger partial charge on any atom is 0.315 e. The number of carboxylic acids is 1. The Hall–Kier alpha value is -1.30. The Morgan fingerprint density at radius 1 is 1.37 bits per heavy atom. The molecule has 0 heterocycles. The van der Waals surface area contributed by atoms with Crippen molar-refractivity contribution in [2.24, 2.45) is 5.92 Å². The van der Waals surface area contributed by atoms with Gasteiger partial charge in [-0.3, -0.25) is 4.79 Å². The summed E-state index contributed by atoms with van der Waals surface area (Å²) in [6.45, 7) is 4.24. The van der Waals surface area contributed by atoms with Gasteiger partial charge < -0.3 is 20.5 Å². The molecule has 110 valence electrons. The number of aliphatic carboxylic acids is 1. The maximum absolute atomic E-state index is 11.8. The fraction of sp³-hybridized carbons (Fsp3) is 0.846. The van der Waals surface area contributed by atoms with E-state index in [9.17, 15) is 9.59 Å². The van der Waals surface area contributed by atoms with Crippen LogP contribution in [0.25, 0.3) is 0 Å². The molecule has 1 aliphatic rings. The van der Waals surface area contributed by atoms with E-state index in [1.54, 1.807) is 7.11 Å². The van der Waals surface area contributed by atoms with Crippen molar-refractivity contribution < 1.29 is 19.4 Å². The minimum Gasteiger partial charge on any atom is -0.481 e. The molecule has 1 saturated carbocycles. The first-order valence-corrected chi connectivity index (χ1v) is 6.70. The SMILES string of the molecule is COC1(CNC(=O)NC(CC(=O)O)C(C)C)CCC1. The second-order valence-corrected chi connectivity index (χ2v) is 5.52.